The Kier molecular flexibility index (Phi) is 8.89. The van der Waals surface area contributed by atoms with E-state index in [1.807, 2.05) is 24.3 Å². The predicted octanol–water partition coefficient (Wildman–Crippen LogP) is 4.00. The number of halogens is 3. The highest BCUT2D eigenvalue weighted by atomic mass is 35.5. The van der Waals surface area contributed by atoms with Gasteiger partial charge in [-0.1, -0.05) is 49.2 Å². The van der Waals surface area contributed by atoms with Crippen LogP contribution in [0.15, 0.2) is 36.4 Å². The number of rotatable bonds is 10. The van der Waals surface area contributed by atoms with Crippen LogP contribution in [0, 0.1) is 0 Å². The summed E-state index contributed by atoms with van der Waals surface area (Å²) in [5.74, 6) is 1.03. The first-order valence-corrected chi connectivity index (χ1v) is 10.5. The van der Waals surface area contributed by atoms with Gasteiger partial charge < -0.3 is 25.4 Å². The first kappa shape index (κ1) is 24.1. The van der Waals surface area contributed by atoms with Gasteiger partial charge in [-0.15, -0.1) is 11.6 Å². The Hall–Kier alpha value is -1.21. The second kappa shape index (κ2) is 10.7. The molecule has 2 aromatic carbocycles. The van der Waals surface area contributed by atoms with Gasteiger partial charge in [-0.05, 0) is 35.4 Å². The van der Waals surface area contributed by atoms with Crippen LogP contribution in [0.3, 0.4) is 0 Å². The van der Waals surface area contributed by atoms with Crippen LogP contribution in [0.4, 0.5) is 0 Å². The van der Waals surface area contributed by atoms with Crippen molar-refractivity contribution < 1.29 is 19.7 Å². The van der Waals surface area contributed by atoms with Crippen LogP contribution in [-0.2, 0) is 5.41 Å². The molecule has 29 heavy (non-hydrogen) atoms. The Balaban J connectivity index is 2.19. The maximum Gasteiger partial charge on any atom is 0.156 e. The third-order valence-electron chi connectivity index (χ3n) is 4.61. The molecular formula is C21H26Cl3NO4. The average Bonchev–Trinajstić information content (AvgIpc) is 2.71. The van der Waals surface area contributed by atoms with Gasteiger partial charge in [0.1, 0.15) is 31.2 Å². The fourth-order valence-electron chi connectivity index (χ4n) is 2.68. The summed E-state index contributed by atoms with van der Waals surface area (Å²) in [5, 5.41) is 19.8. The standard InChI is InChI=1S/C21H26Cl3NO4/c1-21(2,13-3-5-17(6-4-13)28-12-16(27)10-25)14-7-18(23)20(19(24)8-14)29-11-15(26)9-22/h3-8,15-16,26-27H,9-12,25H2,1-2H3/t15-,16?/m1/s1. The molecular weight excluding hydrogens is 437 g/mol. The lowest BCUT2D eigenvalue weighted by molar-refractivity contribution is 0.114. The Morgan fingerprint density at radius 1 is 0.931 bits per heavy atom. The van der Waals surface area contributed by atoms with E-state index >= 15 is 0 Å². The van der Waals surface area contributed by atoms with Crippen molar-refractivity contribution in [2.24, 2.45) is 5.73 Å². The van der Waals surface area contributed by atoms with Crippen molar-refractivity contribution in [3.8, 4) is 11.5 Å². The maximum atomic E-state index is 9.57. The van der Waals surface area contributed by atoms with Crippen molar-refractivity contribution in [1.82, 2.24) is 0 Å². The number of hydrogen-bond acceptors (Lipinski definition) is 5. The third-order valence-corrected chi connectivity index (χ3v) is 5.53. The van der Waals surface area contributed by atoms with E-state index < -0.39 is 17.6 Å². The lowest BCUT2D eigenvalue weighted by atomic mass is 9.78. The lowest BCUT2D eigenvalue weighted by Gasteiger charge is -2.27. The minimum absolute atomic E-state index is 0.00595. The molecule has 0 amide bonds. The van der Waals surface area contributed by atoms with Gasteiger partial charge in [-0.2, -0.15) is 0 Å². The van der Waals surface area contributed by atoms with Crippen LogP contribution in [-0.4, -0.2) is 48.1 Å². The number of nitrogens with two attached hydrogens (primary N) is 1. The minimum atomic E-state index is -0.799. The molecule has 0 aliphatic carbocycles. The van der Waals surface area contributed by atoms with Crippen molar-refractivity contribution in [2.75, 3.05) is 25.6 Å². The molecule has 0 heterocycles. The van der Waals surface area contributed by atoms with Crippen molar-refractivity contribution in [3.05, 3.63) is 57.6 Å². The second-order valence-corrected chi connectivity index (χ2v) is 8.36. The van der Waals surface area contributed by atoms with E-state index in [-0.39, 0.29) is 25.6 Å². The van der Waals surface area contributed by atoms with Crippen LogP contribution in [0.25, 0.3) is 0 Å². The third kappa shape index (κ3) is 6.38. The maximum absolute atomic E-state index is 9.57. The van der Waals surface area contributed by atoms with E-state index in [4.69, 9.17) is 50.0 Å². The summed E-state index contributed by atoms with van der Waals surface area (Å²) in [6.45, 7) is 4.41. The summed E-state index contributed by atoms with van der Waals surface area (Å²) >= 11 is 18.4. The Morgan fingerprint density at radius 2 is 1.48 bits per heavy atom. The molecule has 2 rings (SSSR count). The smallest absolute Gasteiger partial charge is 0.156 e. The first-order chi connectivity index (χ1) is 13.7. The number of ether oxygens (including phenoxy) is 2. The van der Waals surface area contributed by atoms with Crippen molar-refractivity contribution in [3.63, 3.8) is 0 Å². The van der Waals surface area contributed by atoms with Crippen molar-refractivity contribution >= 4 is 34.8 Å². The number of benzene rings is 2. The quantitative estimate of drug-likeness (QED) is 0.465. The number of aliphatic hydroxyl groups excluding tert-OH is 2. The summed E-state index contributed by atoms with van der Waals surface area (Å²) in [6, 6.07) is 11.2. The van der Waals surface area contributed by atoms with E-state index in [9.17, 15) is 10.2 Å². The molecule has 0 aliphatic rings. The van der Waals surface area contributed by atoms with Gasteiger partial charge in [0.2, 0.25) is 0 Å². The molecule has 8 heteroatoms. The molecule has 160 valence electrons. The van der Waals surface area contributed by atoms with Crippen LogP contribution in [0.2, 0.25) is 10.0 Å². The molecule has 2 atom stereocenters. The van der Waals surface area contributed by atoms with Gasteiger partial charge in [0.25, 0.3) is 0 Å². The predicted molar refractivity (Wildman–Crippen MR) is 118 cm³/mol. The van der Waals surface area contributed by atoms with Gasteiger partial charge in [0, 0.05) is 12.0 Å². The molecule has 0 bridgehead atoms. The zero-order valence-corrected chi connectivity index (χ0v) is 18.6. The topological polar surface area (TPSA) is 84.9 Å². The summed E-state index contributed by atoms with van der Waals surface area (Å²) < 4.78 is 11.0. The Morgan fingerprint density at radius 3 is 2.00 bits per heavy atom. The minimum Gasteiger partial charge on any atom is -0.491 e. The van der Waals surface area contributed by atoms with Crippen molar-refractivity contribution in [2.45, 2.75) is 31.5 Å². The highest BCUT2D eigenvalue weighted by Gasteiger charge is 2.26. The van der Waals surface area contributed by atoms with Gasteiger partial charge in [-0.3, -0.25) is 0 Å². The summed E-state index contributed by atoms with van der Waals surface area (Å²) in [6.07, 6.45) is -1.49. The zero-order chi connectivity index (χ0) is 21.6. The molecule has 4 N–H and O–H groups in total. The fourth-order valence-corrected chi connectivity index (χ4v) is 3.36. The highest BCUT2D eigenvalue weighted by molar-refractivity contribution is 6.37. The van der Waals surface area contributed by atoms with Crippen LogP contribution >= 0.6 is 34.8 Å². The van der Waals surface area contributed by atoms with Crippen molar-refractivity contribution in [1.29, 1.82) is 0 Å². The first-order valence-electron chi connectivity index (χ1n) is 9.16. The van der Waals surface area contributed by atoms with Gasteiger partial charge in [0.05, 0.1) is 15.9 Å². The normalized spacial score (nSPS) is 13.8. The SMILES string of the molecule is CC(C)(c1ccc(OCC(O)CN)cc1)c1cc(Cl)c(OC[C@H](O)CCl)c(Cl)c1. The highest BCUT2D eigenvalue weighted by Crippen LogP contribution is 2.40. The van der Waals surface area contributed by atoms with Gasteiger partial charge in [0.15, 0.2) is 5.75 Å². The van der Waals surface area contributed by atoms with Crippen LogP contribution in [0.5, 0.6) is 11.5 Å². The summed E-state index contributed by atoms with van der Waals surface area (Å²) in [5.41, 5.74) is 6.92. The van der Waals surface area contributed by atoms with E-state index in [2.05, 4.69) is 13.8 Å². The second-order valence-electron chi connectivity index (χ2n) is 7.24. The van der Waals surface area contributed by atoms with E-state index in [1.165, 1.54) is 0 Å². The largest absolute Gasteiger partial charge is 0.491 e. The monoisotopic (exact) mass is 461 g/mol. The molecule has 2 aromatic rings. The van der Waals surface area contributed by atoms with E-state index in [1.54, 1.807) is 12.1 Å². The number of aliphatic hydroxyl groups is 2. The summed E-state index contributed by atoms with van der Waals surface area (Å²) in [4.78, 5) is 0. The van der Waals surface area contributed by atoms with Crippen LogP contribution in [0.1, 0.15) is 25.0 Å². The molecule has 0 fully saturated rings. The fraction of sp³-hybridized carbons (Fsp3) is 0.429. The molecule has 0 radical (unpaired) electrons. The van der Waals surface area contributed by atoms with Gasteiger partial charge in [-0.25, -0.2) is 0 Å². The molecule has 0 aliphatic heterocycles. The Bertz CT molecular complexity index is 776. The van der Waals surface area contributed by atoms with Crippen LogP contribution < -0.4 is 15.2 Å². The molecule has 1 unspecified atom stereocenters. The Labute approximate surface area is 186 Å². The molecule has 0 saturated carbocycles. The lowest BCUT2D eigenvalue weighted by Crippen LogP contribution is -2.26. The average molecular weight is 463 g/mol. The molecule has 5 nitrogen and oxygen atoms in total. The zero-order valence-electron chi connectivity index (χ0n) is 16.4. The van der Waals surface area contributed by atoms with E-state index in [0.29, 0.717) is 21.5 Å². The molecule has 0 saturated heterocycles. The molecule has 0 aromatic heterocycles. The van der Waals surface area contributed by atoms with Gasteiger partial charge >= 0.3 is 0 Å². The van der Waals surface area contributed by atoms with E-state index in [0.717, 1.165) is 11.1 Å². The summed E-state index contributed by atoms with van der Waals surface area (Å²) in [7, 11) is 0. The number of alkyl halides is 1. The number of hydrogen-bond donors (Lipinski definition) is 3. The molecule has 0 spiro atoms.